The molecule has 0 bridgehead atoms. The Hall–Kier alpha value is -4.98. The van der Waals surface area contributed by atoms with Crippen molar-refractivity contribution in [2.24, 2.45) is 0 Å². The van der Waals surface area contributed by atoms with Gasteiger partial charge in [-0.2, -0.15) is 0 Å². The lowest BCUT2D eigenvalue weighted by atomic mass is 10.1. The first-order valence-corrected chi connectivity index (χ1v) is 15.2. The first-order valence-electron chi connectivity index (χ1n) is 15.2. The summed E-state index contributed by atoms with van der Waals surface area (Å²) in [4.78, 5) is 19.1. The Balaban J connectivity index is 0.925. The largest absolute Gasteiger partial charge is 0.573 e. The monoisotopic (exact) mass is 653 g/mol. The van der Waals surface area contributed by atoms with E-state index in [9.17, 15) is 23.3 Å². The molecule has 3 aromatic carbocycles. The number of rotatable bonds is 11. The molecule has 0 aliphatic carbocycles. The summed E-state index contributed by atoms with van der Waals surface area (Å²) in [6.07, 6.45) is -2.89. The molecule has 0 amide bonds. The van der Waals surface area contributed by atoms with Gasteiger partial charge in [0.15, 0.2) is 0 Å². The van der Waals surface area contributed by atoms with Crippen molar-refractivity contribution in [3.8, 4) is 23.3 Å². The van der Waals surface area contributed by atoms with Crippen molar-refractivity contribution in [3.63, 3.8) is 0 Å². The van der Waals surface area contributed by atoms with Gasteiger partial charge in [-0.3, -0.25) is 9.47 Å². The molecule has 2 aliphatic heterocycles. The topological polar surface area (TPSA) is 104 Å². The Morgan fingerprint density at radius 2 is 1.64 bits per heavy atom. The van der Waals surface area contributed by atoms with Crippen LogP contribution in [0, 0.1) is 17.0 Å². The van der Waals surface area contributed by atoms with Crippen molar-refractivity contribution >= 4 is 11.5 Å². The van der Waals surface area contributed by atoms with Crippen LogP contribution in [0.3, 0.4) is 0 Å². The van der Waals surface area contributed by atoms with Gasteiger partial charge in [0.1, 0.15) is 42.8 Å². The average Bonchev–Trinajstić information content (AvgIpc) is 3.48. The summed E-state index contributed by atoms with van der Waals surface area (Å²) in [5, 5.41) is 11.0. The van der Waals surface area contributed by atoms with Crippen molar-refractivity contribution in [1.82, 2.24) is 14.5 Å². The number of hydrogen-bond acceptors (Lipinski definition) is 9. The van der Waals surface area contributed by atoms with Crippen LogP contribution in [-0.4, -0.2) is 64.6 Å². The normalized spacial score (nSPS) is 16.7. The molecule has 14 heteroatoms. The Bertz CT molecular complexity index is 1670. The lowest BCUT2D eigenvalue weighted by molar-refractivity contribution is -0.389. The zero-order valence-electron chi connectivity index (χ0n) is 25.7. The Morgan fingerprint density at radius 1 is 0.936 bits per heavy atom. The van der Waals surface area contributed by atoms with E-state index in [1.54, 1.807) is 16.7 Å². The first-order chi connectivity index (χ1) is 22.6. The van der Waals surface area contributed by atoms with Crippen LogP contribution in [0.2, 0.25) is 0 Å². The average molecular weight is 654 g/mol. The summed E-state index contributed by atoms with van der Waals surface area (Å²) < 4.78 is 60.3. The fourth-order valence-electron chi connectivity index (χ4n) is 5.62. The van der Waals surface area contributed by atoms with Crippen LogP contribution in [-0.2, 0) is 19.7 Å². The third-order valence-electron chi connectivity index (χ3n) is 8.09. The number of fused-ring (bicyclic) bond motifs is 1. The van der Waals surface area contributed by atoms with E-state index in [0.29, 0.717) is 19.6 Å². The number of ether oxygens (including phenoxy) is 4. The summed E-state index contributed by atoms with van der Waals surface area (Å²) in [5.74, 6) is 0.973. The number of anilines is 1. The molecule has 0 spiro atoms. The standard InChI is InChI=1S/C33H34F3N5O6/c1-23-18-25(4-11-30(23)45-21-24-2-7-28(8-3-24)47-33(34,35)36)19-38-14-16-39(17-15-38)26-5-9-27(10-6-26)44-22-29-12-13-40-20-31(41(42)43)37-32(40)46-29/h2-11,18,20,29H,12-17,19,21-22H2,1H3. The highest BCUT2D eigenvalue weighted by atomic mass is 19.4. The summed E-state index contributed by atoms with van der Waals surface area (Å²) in [5.41, 5.74) is 4.04. The van der Waals surface area contributed by atoms with Crippen molar-refractivity contribution in [1.29, 1.82) is 0 Å². The highest BCUT2D eigenvalue weighted by molar-refractivity contribution is 5.49. The molecule has 2 aliphatic rings. The molecular weight excluding hydrogens is 619 g/mol. The second kappa shape index (κ2) is 13.8. The third-order valence-corrected chi connectivity index (χ3v) is 8.09. The minimum atomic E-state index is -4.72. The maximum Gasteiger partial charge on any atom is 0.573 e. The molecule has 0 radical (unpaired) electrons. The summed E-state index contributed by atoms with van der Waals surface area (Å²) >= 11 is 0. The SMILES string of the molecule is Cc1cc(CN2CCN(c3ccc(OCC4CCn5cc([N+](=O)[O-])nc5O4)cc3)CC2)ccc1OCc1ccc(OC(F)(F)F)cc1. The van der Waals surface area contributed by atoms with Crippen LogP contribution in [0.1, 0.15) is 23.1 Å². The van der Waals surface area contributed by atoms with Crippen molar-refractivity contribution in [3.05, 3.63) is 99.7 Å². The number of imidazole rings is 1. The highest BCUT2D eigenvalue weighted by Gasteiger charge is 2.31. The highest BCUT2D eigenvalue weighted by Crippen LogP contribution is 2.27. The lowest BCUT2D eigenvalue weighted by Gasteiger charge is -2.36. The number of benzene rings is 3. The quantitative estimate of drug-likeness (QED) is 0.140. The van der Waals surface area contributed by atoms with Gasteiger partial charge in [0.25, 0.3) is 0 Å². The van der Waals surface area contributed by atoms with E-state index < -0.39 is 11.3 Å². The van der Waals surface area contributed by atoms with Crippen LogP contribution in [0.15, 0.2) is 72.9 Å². The van der Waals surface area contributed by atoms with Gasteiger partial charge in [0.05, 0.1) is 0 Å². The summed E-state index contributed by atoms with van der Waals surface area (Å²) in [6, 6.07) is 20.0. The molecule has 1 atom stereocenters. The van der Waals surface area contributed by atoms with E-state index in [2.05, 4.69) is 37.7 Å². The molecule has 11 nitrogen and oxygen atoms in total. The summed E-state index contributed by atoms with van der Waals surface area (Å²) in [6.45, 7) is 7.55. The Kier molecular flexibility index (Phi) is 9.38. The lowest BCUT2D eigenvalue weighted by Crippen LogP contribution is -2.45. The molecule has 1 aromatic heterocycles. The predicted molar refractivity (Wildman–Crippen MR) is 166 cm³/mol. The van der Waals surface area contributed by atoms with Gasteiger partial charge < -0.3 is 34.0 Å². The number of aromatic nitrogens is 2. The van der Waals surface area contributed by atoms with Gasteiger partial charge in [0.2, 0.25) is 0 Å². The molecule has 6 rings (SSSR count). The number of piperazine rings is 1. The number of nitro groups is 1. The molecule has 1 fully saturated rings. The summed E-state index contributed by atoms with van der Waals surface area (Å²) in [7, 11) is 0. The van der Waals surface area contributed by atoms with Gasteiger partial charge >= 0.3 is 18.2 Å². The van der Waals surface area contributed by atoms with Crippen LogP contribution < -0.4 is 23.8 Å². The molecular formula is C33H34F3N5O6. The van der Waals surface area contributed by atoms with E-state index in [1.807, 2.05) is 31.2 Å². The van der Waals surface area contributed by atoms with Crippen molar-refractivity contribution < 1.29 is 37.0 Å². The molecule has 0 N–H and O–H groups in total. The van der Waals surface area contributed by atoms with Crippen LogP contribution in [0.5, 0.6) is 23.3 Å². The number of alkyl halides is 3. The van der Waals surface area contributed by atoms with Gasteiger partial charge in [-0.15, -0.1) is 13.2 Å². The molecule has 4 aromatic rings. The molecule has 1 saturated heterocycles. The zero-order chi connectivity index (χ0) is 33.0. The van der Waals surface area contributed by atoms with E-state index in [4.69, 9.17) is 14.2 Å². The van der Waals surface area contributed by atoms with Crippen LogP contribution >= 0.6 is 0 Å². The third kappa shape index (κ3) is 8.44. The first kappa shape index (κ1) is 32.0. The fraction of sp³-hybridized carbons (Fsp3) is 0.364. The van der Waals surface area contributed by atoms with Gasteiger partial charge in [-0.1, -0.05) is 24.3 Å². The maximum atomic E-state index is 12.4. The molecule has 47 heavy (non-hydrogen) atoms. The number of hydrogen-bond donors (Lipinski definition) is 0. The minimum absolute atomic E-state index is 0.221. The second-order valence-electron chi connectivity index (χ2n) is 11.5. The number of halogens is 3. The minimum Gasteiger partial charge on any atom is -0.490 e. The Labute approximate surface area is 269 Å². The van der Waals surface area contributed by atoms with Gasteiger partial charge in [0, 0.05) is 56.4 Å². The van der Waals surface area contributed by atoms with E-state index in [1.165, 1.54) is 23.9 Å². The van der Waals surface area contributed by atoms with Crippen molar-refractivity contribution in [2.45, 2.75) is 45.5 Å². The van der Waals surface area contributed by atoms with E-state index >= 15 is 0 Å². The Morgan fingerprint density at radius 3 is 2.32 bits per heavy atom. The van der Waals surface area contributed by atoms with Gasteiger partial charge in [-0.25, -0.2) is 0 Å². The van der Waals surface area contributed by atoms with E-state index in [0.717, 1.165) is 61.0 Å². The maximum absolute atomic E-state index is 12.4. The van der Waals surface area contributed by atoms with Crippen LogP contribution in [0.4, 0.5) is 24.7 Å². The smallest absolute Gasteiger partial charge is 0.490 e. The fourth-order valence-corrected chi connectivity index (χ4v) is 5.62. The molecule has 3 heterocycles. The molecule has 0 saturated carbocycles. The number of aryl methyl sites for hydroxylation is 2. The molecule has 1 unspecified atom stereocenters. The number of nitrogens with zero attached hydrogens (tertiary/aromatic N) is 5. The molecule has 248 valence electrons. The van der Waals surface area contributed by atoms with Crippen LogP contribution in [0.25, 0.3) is 0 Å². The second-order valence-corrected chi connectivity index (χ2v) is 11.5. The predicted octanol–water partition coefficient (Wildman–Crippen LogP) is 6.13. The van der Waals surface area contributed by atoms with E-state index in [-0.39, 0.29) is 30.3 Å². The van der Waals surface area contributed by atoms with Crippen molar-refractivity contribution in [2.75, 3.05) is 37.7 Å². The van der Waals surface area contributed by atoms with Gasteiger partial charge in [-0.05, 0) is 71.0 Å². The zero-order valence-corrected chi connectivity index (χ0v) is 25.7.